The summed E-state index contributed by atoms with van der Waals surface area (Å²) in [5.41, 5.74) is 3.60. The minimum absolute atomic E-state index is 0.0453. The first kappa shape index (κ1) is 17.1. The molecule has 2 N–H and O–H groups in total. The van der Waals surface area contributed by atoms with E-state index in [1.165, 1.54) is 22.8 Å². The summed E-state index contributed by atoms with van der Waals surface area (Å²) >= 11 is 0. The molecule has 2 amide bonds. The van der Waals surface area contributed by atoms with Crippen LogP contribution in [0.15, 0.2) is 59.4 Å². The SMILES string of the molecule is O=C(NCCC(=O)N1CC=C(c2c[nH]c3ccccc23)CC1)c1ccco1. The number of carbonyl (C=O) groups excluding carboxylic acids is 2. The molecule has 3 heterocycles. The number of aromatic amines is 1. The van der Waals surface area contributed by atoms with Gasteiger partial charge in [-0.05, 0) is 30.2 Å². The summed E-state index contributed by atoms with van der Waals surface area (Å²) in [6.45, 7) is 1.59. The van der Waals surface area contributed by atoms with E-state index >= 15 is 0 Å². The molecule has 6 nitrogen and oxygen atoms in total. The molecule has 4 rings (SSSR count). The second kappa shape index (κ2) is 7.53. The molecule has 0 radical (unpaired) electrons. The molecule has 27 heavy (non-hydrogen) atoms. The van der Waals surface area contributed by atoms with Crippen molar-refractivity contribution in [1.29, 1.82) is 0 Å². The van der Waals surface area contributed by atoms with Gasteiger partial charge in [0.05, 0.1) is 6.26 Å². The van der Waals surface area contributed by atoms with E-state index < -0.39 is 0 Å². The molecule has 0 saturated heterocycles. The van der Waals surface area contributed by atoms with Crippen LogP contribution in [0, 0.1) is 0 Å². The van der Waals surface area contributed by atoms with Crippen LogP contribution in [0.25, 0.3) is 16.5 Å². The van der Waals surface area contributed by atoms with E-state index in [0.29, 0.717) is 19.6 Å². The van der Waals surface area contributed by atoms with Gasteiger partial charge in [0.1, 0.15) is 0 Å². The lowest BCUT2D eigenvalue weighted by Gasteiger charge is -2.26. The zero-order valence-corrected chi connectivity index (χ0v) is 14.9. The molecule has 0 unspecified atom stereocenters. The summed E-state index contributed by atoms with van der Waals surface area (Å²) in [5, 5.41) is 3.92. The predicted octanol–water partition coefficient (Wildman–Crippen LogP) is 3.20. The van der Waals surface area contributed by atoms with E-state index in [-0.39, 0.29) is 24.0 Å². The number of aromatic nitrogens is 1. The summed E-state index contributed by atoms with van der Waals surface area (Å²) in [7, 11) is 0. The molecule has 0 saturated carbocycles. The van der Waals surface area contributed by atoms with Crippen LogP contribution in [-0.4, -0.2) is 41.3 Å². The number of nitrogens with one attached hydrogen (secondary N) is 2. The minimum Gasteiger partial charge on any atom is -0.459 e. The van der Waals surface area contributed by atoms with Crippen molar-refractivity contribution >= 4 is 28.3 Å². The number of hydrogen-bond acceptors (Lipinski definition) is 3. The van der Waals surface area contributed by atoms with Gasteiger partial charge >= 0.3 is 0 Å². The summed E-state index contributed by atoms with van der Waals surface area (Å²) < 4.78 is 5.03. The molecule has 0 spiro atoms. The maximum absolute atomic E-state index is 12.4. The standard InChI is InChI=1S/C21H21N3O3/c25-20(7-10-22-21(26)19-6-3-13-27-19)24-11-8-15(9-12-24)17-14-23-18-5-2-1-4-16(17)18/h1-6,8,13-14,23H,7,9-12H2,(H,22,26). The lowest BCUT2D eigenvalue weighted by atomic mass is 9.99. The number of rotatable bonds is 5. The Kier molecular flexibility index (Phi) is 4.78. The molecule has 0 aliphatic carbocycles. The van der Waals surface area contributed by atoms with E-state index in [4.69, 9.17) is 4.42 Å². The highest BCUT2D eigenvalue weighted by Gasteiger charge is 2.19. The van der Waals surface area contributed by atoms with Crippen LogP contribution in [0.1, 0.15) is 29.0 Å². The molecule has 1 aliphatic rings. The normalized spacial score (nSPS) is 14.2. The minimum atomic E-state index is -0.298. The van der Waals surface area contributed by atoms with Crippen molar-refractivity contribution < 1.29 is 14.0 Å². The largest absolute Gasteiger partial charge is 0.459 e. The first-order valence-corrected chi connectivity index (χ1v) is 9.07. The van der Waals surface area contributed by atoms with Gasteiger partial charge in [-0.25, -0.2) is 0 Å². The Hall–Kier alpha value is -3.28. The number of H-pyrrole nitrogens is 1. The van der Waals surface area contributed by atoms with E-state index in [1.54, 1.807) is 12.1 Å². The van der Waals surface area contributed by atoms with Crippen LogP contribution in [-0.2, 0) is 4.79 Å². The van der Waals surface area contributed by atoms with Gasteiger partial charge in [0.25, 0.3) is 5.91 Å². The summed E-state index contributed by atoms with van der Waals surface area (Å²) in [6, 6.07) is 11.5. The Bertz CT molecular complexity index is 985. The van der Waals surface area contributed by atoms with Crippen molar-refractivity contribution in [2.45, 2.75) is 12.8 Å². The molecule has 2 aromatic heterocycles. The number of fused-ring (bicyclic) bond motifs is 1. The number of carbonyl (C=O) groups is 2. The van der Waals surface area contributed by atoms with Gasteiger partial charge < -0.3 is 19.6 Å². The Balaban J connectivity index is 1.31. The Morgan fingerprint density at radius 1 is 1.19 bits per heavy atom. The first-order valence-electron chi connectivity index (χ1n) is 9.07. The molecular weight excluding hydrogens is 342 g/mol. The van der Waals surface area contributed by atoms with Crippen molar-refractivity contribution in [2.24, 2.45) is 0 Å². The van der Waals surface area contributed by atoms with Crippen LogP contribution in [0.2, 0.25) is 0 Å². The lowest BCUT2D eigenvalue weighted by Crippen LogP contribution is -2.37. The highest BCUT2D eigenvalue weighted by atomic mass is 16.3. The van der Waals surface area contributed by atoms with Gasteiger partial charge in [0, 0.05) is 48.7 Å². The van der Waals surface area contributed by atoms with Crippen LogP contribution >= 0.6 is 0 Å². The fourth-order valence-electron chi connectivity index (χ4n) is 3.41. The van der Waals surface area contributed by atoms with Crippen LogP contribution in [0.3, 0.4) is 0 Å². The van der Waals surface area contributed by atoms with Crippen LogP contribution in [0.5, 0.6) is 0 Å². The summed E-state index contributed by atoms with van der Waals surface area (Å²) in [4.78, 5) is 29.3. The van der Waals surface area contributed by atoms with Gasteiger partial charge in [-0.2, -0.15) is 0 Å². The second-order valence-corrected chi connectivity index (χ2v) is 6.55. The van der Waals surface area contributed by atoms with Crippen molar-refractivity contribution in [3.8, 4) is 0 Å². The Morgan fingerprint density at radius 2 is 2.07 bits per heavy atom. The molecule has 138 valence electrons. The fourth-order valence-corrected chi connectivity index (χ4v) is 3.41. The number of hydrogen-bond donors (Lipinski definition) is 2. The number of amides is 2. The van der Waals surface area contributed by atoms with Gasteiger partial charge in [-0.15, -0.1) is 0 Å². The van der Waals surface area contributed by atoms with Crippen LogP contribution < -0.4 is 5.32 Å². The zero-order valence-electron chi connectivity index (χ0n) is 14.9. The highest BCUT2D eigenvalue weighted by Crippen LogP contribution is 2.29. The van der Waals surface area contributed by atoms with E-state index in [9.17, 15) is 9.59 Å². The van der Waals surface area contributed by atoms with Gasteiger partial charge in [-0.1, -0.05) is 24.3 Å². The number of benzene rings is 1. The first-order chi connectivity index (χ1) is 13.2. The third kappa shape index (κ3) is 3.65. The Morgan fingerprint density at radius 3 is 2.85 bits per heavy atom. The van der Waals surface area contributed by atoms with Crippen LogP contribution in [0.4, 0.5) is 0 Å². The maximum Gasteiger partial charge on any atom is 0.286 e. The van der Waals surface area contributed by atoms with Crippen molar-refractivity contribution in [1.82, 2.24) is 15.2 Å². The number of furan rings is 1. The zero-order chi connectivity index (χ0) is 18.6. The molecule has 1 aliphatic heterocycles. The van der Waals surface area contributed by atoms with E-state index in [0.717, 1.165) is 11.9 Å². The second-order valence-electron chi connectivity index (χ2n) is 6.55. The fraction of sp³-hybridized carbons (Fsp3) is 0.238. The highest BCUT2D eigenvalue weighted by molar-refractivity contribution is 5.93. The monoisotopic (exact) mass is 363 g/mol. The van der Waals surface area contributed by atoms with E-state index in [2.05, 4.69) is 28.5 Å². The summed E-state index contributed by atoms with van der Waals surface area (Å²) in [6.07, 6.45) is 6.72. The molecule has 3 aromatic rings. The predicted molar refractivity (Wildman–Crippen MR) is 103 cm³/mol. The Labute approximate surface area is 156 Å². The molecule has 0 fully saturated rings. The topological polar surface area (TPSA) is 78.3 Å². The van der Waals surface area contributed by atoms with E-state index in [1.807, 2.05) is 23.2 Å². The number of nitrogens with zero attached hydrogens (tertiary/aromatic N) is 1. The molecule has 6 heteroatoms. The third-order valence-corrected chi connectivity index (χ3v) is 4.87. The average molecular weight is 363 g/mol. The maximum atomic E-state index is 12.4. The molecule has 0 atom stereocenters. The van der Waals surface area contributed by atoms with Gasteiger partial charge in [-0.3, -0.25) is 9.59 Å². The lowest BCUT2D eigenvalue weighted by molar-refractivity contribution is -0.130. The van der Waals surface area contributed by atoms with Gasteiger partial charge in [0.2, 0.25) is 5.91 Å². The van der Waals surface area contributed by atoms with Crippen molar-refractivity contribution in [3.63, 3.8) is 0 Å². The van der Waals surface area contributed by atoms with Crippen molar-refractivity contribution in [2.75, 3.05) is 19.6 Å². The molecular formula is C21H21N3O3. The van der Waals surface area contributed by atoms with Crippen molar-refractivity contribution in [3.05, 3.63) is 66.3 Å². The smallest absolute Gasteiger partial charge is 0.286 e. The molecule has 1 aromatic carbocycles. The summed E-state index contributed by atoms with van der Waals surface area (Å²) in [5.74, 6) is 0.00339. The average Bonchev–Trinajstić information content (AvgIpc) is 3.38. The third-order valence-electron chi connectivity index (χ3n) is 4.87. The quantitative estimate of drug-likeness (QED) is 0.731. The van der Waals surface area contributed by atoms with Gasteiger partial charge in [0.15, 0.2) is 5.76 Å². The molecule has 0 bridgehead atoms. The number of para-hydroxylation sites is 1.